The first kappa shape index (κ1) is 11.2. The molecule has 1 aromatic heterocycles. The van der Waals surface area contributed by atoms with Gasteiger partial charge in [0.15, 0.2) is 0 Å². The SMILES string of the molecule is Clc1cnn(CCN2CCC=C(Br)C2)c1. The van der Waals surface area contributed by atoms with Gasteiger partial charge in [0.2, 0.25) is 0 Å². The maximum Gasteiger partial charge on any atom is 0.0785 e. The molecule has 0 aliphatic carbocycles. The molecule has 0 aromatic carbocycles. The summed E-state index contributed by atoms with van der Waals surface area (Å²) in [5.41, 5.74) is 0. The zero-order valence-electron chi connectivity index (χ0n) is 8.37. The molecule has 0 spiro atoms. The average Bonchev–Trinajstić information content (AvgIpc) is 2.62. The molecule has 0 N–H and O–H groups in total. The van der Waals surface area contributed by atoms with E-state index in [-0.39, 0.29) is 0 Å². The largest absolute Gasteiger partial charge is 0.296 e. The van der Waals surface area contributed by atoms with E-state index in [2.05, 4.69) is 32.0 Å². The summed E-state index contributed by atoms with van der Waals surface area (Å²) < 4.78 is 3.17. The van der Waals surface area contributed by atoms with Gasteiger partial charge in [-0.2, -0.15) is 5.10 Å². The highest BCUT2D eigenvalue weighted by molar-refractivity contribution is 9.11. The maximum absolute atomic E-state index is 5.79. The molecule has 0 bridgehead atoms. The van der Waals surface area contributed by atoms with Gasteiger partial charge in [-0.15, -0.1) is 0 Å². The lowest BCUT2D eigenvalue weighted by Gasteiger charge is -2.24. The van der Waals surface area contributed by atoms with Crippen molar-refractivity contribution >= 4 is 27.5 Å². The Kier molecular flexibility index (Phi) is 3.83. The molecule has 0 unspecified atom stereocenters. The van der Waals surface area contributed by atoms with Crippen LogP contribution in [0.25, 0.3) is 0 Å². The Morgan fingerprint density at radius 3 is 3.00 bits per heavy atom. The van der Waals surface area contributed by atoms with Gasteiger partial charge in [0.1, 0.15) is 0 Å². The molecule has 5 heteroatoms. The van der Waals surface area contributed by atoms with Gasteiger partial charge in [0.05, 0.1) is 17.8 Å². The lowest BCUT2D eigenvalue weighted by Crippen LogP contribution is -2.31. The molecule has 1 aromatic rings. The Morgan fingerprint density at radius 2 is 2.33 bits per heavy atom. The van der Waals surface area contributed by atoms with Crippen LogP contribution in [-0.4, -0.2) is 34.3 Å². The fourth-order valence-corrected chi connectivity index (χ4v) is 2.40. The van der Waals surface area contributed by atoms with Gasteiger partial charge in [-0.3, -0.25) is 9.58 Å². The first-order chi connectivity index (χ1) is 7.24. The summed E-state index contributed by atoms with van der Waals surface area (Å²) in [5.74, 6) is 0. The smallest absolute Gasteiger partial charge is 0.0785 e. The van der Waals surface area contributed by atoms with Crippen molar-refractivity contribution in [1.82, 2.24) is 14.7 Å². The molecule has 3 nitrogen and oxygen atoms in total. The maximum atomic E-state index is 5.79. The third kappa shape index (κ3) is 3.33. The topological polar surface area (TPSA) is 21.1 Å². The van der Waals surface area contributed by atoms with E-state index in [1.165, 1.54) is 4.48 Å². The van der Waals surface area contributed by atoms with Crippen LogP contribution in [0.5, 0.6) is 0 Å². The summed E-state index contributed by atoms with van der Waals surface area (Å²) in [6, 6.07) is 0. The van der Waals surface area contributed by atoms with Gasteiger partial charge in [0, 0.05) is 30.3 Å². The van der Waals surface area contributed by atoms with Crippen LogP contribution >= 0.6 is 27.5 Å². The van der Waals surface area contributed by atoms with E-state index in [4.69, 9.17) is 11.6 Å². The van der Waals surface area contributed by atoms with E-state index in [0.717, 1.165) is 32.6 Å². The van der Waals surface area contributed by atoms with Crippen LogP contribution < -0.4 is 0 Å². The highest BCUT2D eigenvalue weighted by atomic mass is 79.9. The molecule has 2 rings (SSSR count). The molecule has 0 saturated heterocycles. The van der Waals surface area contributed by atoms with E-state index in [1.54, 1.807) is 6.20 Å². The fraction of sp³-hybridized carbons (Fsp3) is 0.500. The second-order valence-corrected chi connectivity index (χ2v) is 5.09. The summed E-state index contributed by atoms with van der Waals surface area (Å²) in [5, 5.41) is 4.85. The van der Waals surface area contributed by atoms with Crippen LogP contribution in [0.1, 0.15) is 6.42 Å². The van der Waals surface area contributed by atoms with Gasteiger partial charge in [-0.25, -0.2) is 0 Å². The minimum atomic E-state index is 0.703. The first-order valence-electron chi connectivity index (χ1n) is 4.99. The number of rotatable bonds is 3. The first-order valence-corrected chi connectivity index (χ1v) is 6.16. The van der Waals surface area contributed by atoms with Gasteiger partial charge >= 0.3 is 0 Å². The third-order valence-corrected chi connectivity index (χ3v) is 3.20. The van der Waals surface area contributed by atoms with Crippen LogP contribution in [0.15, 0.2) is 23.0 Å². The van der Waals surface area contributed by atoms with Gasteiger partial charge in [0.25, 0.3) is 0 Å². The normalized spacial score (nSPS) is 17.9. The number of halogens is 2. The Balaban J connectivity index is 1.81. The van der Waals surface area contributed by atoms with Crippen LogP contribution in [-0.2, 0) is 6.54 Å². The van der Waals surface area contributed by atoms with Gasteiger partial charge in [-0.1, -0.05) is 33.6 Å². The monoisotopic (exact) mass is 289 g/mol. The van der Waals surface area contributed by atoms with Crippen molar-refractivity contribution < 1.29 is 0 Å². The highest BCUT2D eigenvalue weighted by Gasteiger charge is 2.10. The van der Waals surface area contributed by atoms with Crippen molar-refractivity contribution in [2.75, 3.05) is 19.6 Å². The van der Waals surface area contributed by atoms with E-state index in [0.29, 0.717) is 5.02 Å². The number of nitrogens with zero attached hydrogens (tertiary/aromatic N) is 3. The predicted molar refractivity (Wildman–Crippen MR) is 65.3 cm³/mol. The minimum Gasteiger partial charge on any atom is -0.296 e. The van der Waals surface area contributed by atoms with Crippen molar-refractivity contribution in [3.63, 3.8) is 0 Å². The molecule has 0 radical (unpaired) electrons. The summed E-state index contributed by atoms with van der Waals surface area (Å²) in [6.45, 7) is 4.05. The molecule has 0 amide bonds. The number of hydrogen-bond acceptors (Lipinski definition) is 2. The Labute approximate surface area is 103 Å². The van der Waals surface area contributed by atoms with E-state index in [9.17, 15) is 0 Å². The molecular weight excluding hydrogens is 277 g/mol. The molecule has 15 heavy (non-hydrogen) atoms. The van der Waals surface area contributed by atoms with Crippen LogP contribution in [0.2, 0.25) is 5.02 Å². The van der Waals surface area contributed by atoms with E-state index in [1.807, 2.05) is 10.9 Å². The van der Waals surface area contributed by atoms with Crippen LogP contribution in [0, 0.1) is 0 Å². The second kappa shape index (κ2) is 5.14. The van der Waals surface area contributed by atoms with E-state index >= 15 is 0 Å². The van der Waals surface area contributed by atoms with Crippen LogP contribution in [0.3, 0.4) is 0 Å². The van der Waals surface area contributed by atoms with E-state index < -0.39 is 0 Å². The Morgan fingerprint density at radius 1 is 1.47 bits per heavy atom. The zero-order chi connectivity index (χ0) is 10.7. The standard InChI is InChI=1S/C10H13BrClN3/c11-9-2-1-3-14(7-9)4-5-15-8-10(12)6-13-15/h2,6,8H,1,3-5,7H2. The van der Waals surface area contributed by atoms with Crippen molar-refractivity contribution in [2.45, 2.75) is 13.0 Å². The molecule has 0 fully saturated rings. The third-order valence-electron chi connectivity index (χ3n) is 2.43. The average molecular weight is 291 g/mol. The highest BCUT2D eigenvalue weighted by Crippen LogP contribution is 2.14. The lowest BCUT2D eigenvalue weighted by molar-refractivity contribution is 0.279. The molecule has 2 heterocycles. The molecule has 0 atom stereocenters. The van der Waals surface area contributed by atoms with Gasteiger partial charge < -0.3 is 0 Å². The minimum absolute atomic E-state index is 0.703. The molecule has 1 aliphatic heterocycles. The van der Waals surface area contributed by atoms with Crippen molar-refractivity contribution in [3.05, 3.63) is 28.0 Å². The Hall–Kier alpha value is -0.320. The molecule has 82 valence electrons. The molecule has 0 saturated carbocycles. The van der Waals surface area contributed by atoms with Crippen molar-refractivity contribution in [1.29, 1.82) is 0 Å². The van der Waals surface area contributed by atoms with Gasteiger partial charge in [-0.05, 0) is 6.42 Å². The summed E-state index contributed by atoms with van der Waals surface area (Å²) in [7, 11) is 0. The number of hydrogen-bond donors (Lipinski definition) is 0. The van der Waals surface area contributed by atoms with Crippen molar-refractivity contribution in [2.24, 2.45) is 0 Å². The predicted octanol–water partition coefficient (Wildman–Crippen LogP) is 2.52. The lowest BCUT2D eigenvalue weighted by atomic mass is 10.2. The zero-order valence-corrected chi connectivity index (χ0v) is 10.7. The van der Waals surface area contributed by atoms with Crippen LogP contribution in [0.4, 0.5) is 0 Å². The second-order valence-electron chi connectivity index (χ2n) is 3.64. The molecular formula is C10H13BrClN3. The Bertz CT molecular complexity index is 361. The fourth-order valence-electron chi connectivity index (χ4n) is 1.66. The number of aromatic nitrogens is 2. The summed E-state index contributed by atoms with van der Waals surface area (Å²) >= 11 is 9.33. The molecule has 1 aliphatic rings. The van der Waals surface area contributed by atoms with Crippen molar-refractivity contribution in [3.8, 4) is 0 Å². The quantitative estimate of drug-likeness (QED) is 0.853. The summed E-state index contributed by atoms with van der Waals surface area (Å²) in [4.78, 5) is 2.40. The summed E-state index contributed by atoms with van der Waals surface area (Å²) in [6.07, 6.45) is 6.89.